The minimum absolute atomic E-state index is 0.450. The summed E-state index contributed by atoms with van der Waals surface area (Å²) in [7, 11) is 1.56. The van der Waals surface area contributed by atoms with Crippen molar-refractivity contribution >= 4 is 33.8 Å². The maximum absolute atomic E-state index is 13.3. The Kier molecular flexibility index (Phi) is 3.69. The summed E-state index contributed by atoms with van der Waals surface area (Å²) in [6.45, 7) is 0. The Hall–Kier alpha value is -3.21. The van der Waals surface area contributed by atoms with Crippen molar-refractivity contribution in [3.8, 4) is 5.75 Å². The molecule has 0 fully saturated rings. The van der Waals surface area contributed by atoms with Gasteiger partial charge in [-0.3, -0.25) is 4.99 Å². The van der Waals surface area contributed by atoms with E-state index >= 15 is 0 Å². The van der Waals surface area contributed by atoms with E-state index in [4.69, 9.17) is 9.15 Å². The first-order valence-electron chi connectivity index (χ1n) is 7.64. The summed E-state index contributed by atoms with van der Waals surface area (Å²) >= 11 is 0. The summed E-state index contributed by atoms with van der Waals surface area (Å²) in [6.07, 6.45) is 1.45. The summed E-state index contributed by atoms with van der Waals surface area (Å²) < 4.78 is 37.6. The number of benzene rings is 3. The third kappa shape index (κ3) is 2.74. The van der Waals surface area contributed by atoms with Crippen molar-refractivity contribution in [3.63, 3.8) is 0 Å². The zero-order valence-electron chi connectivity index (χ0n) is 13.3. The number of fused-ring (bicyclic) bond motifs is 3. The van der Waals surface area contributed by atoms with Crippen LogP contribution in [-0.2, 0) is 0 Å². The Morgan fingerprint density at radius 3 is 2.56 bits per heavy atom. The highest BCUT2D eigenvalue weighted by Crippen LogP contribution is 2.37. The fourth-order valence-corrected chi connectivity index (χ4v) is 2.74. The average molecular weight is 337 g/mol. The van der Waals surface area contributed by atoms with Crippen molar-refractivity contribution in [2.75, 3.05) is 7.11 Å². The number of rotatable bonds is 3. The van der Waals surface area contributed by atoms with Crippen LogP contribution in [0.15, 0.2) is 64.0 Å². The summed E-state index contributed by atoms with van der Waals surface area (Å²) in [5.41, 5.74) is 2.45. The van der Waals surface area contributed by atoms with E-state index < -0.39 is 11.6 Å². The molecule has 0 radical (unpaired) electrons. The monoisotopic (exact) mass is 337 g/mol. The highest BCUT2D eigenvalue weighted by Gasteiger charge is 2.11. The minimum atomic E-state index is -0.913. The first-order chi connectivity index (χ1) is 12.2. The number of hydrogen-bond acceptors (Lipinski definition) is 3. The largest absolute Gasteiger partial charge is 0.494 e. The van der Waals surface area contributed by atoms with Gasteiger partial charge in [-0.1, -0.05) is 24.3 Å². The van der Waals surface area contributed by atoms with Crippen LogP contribution < -0.4 is 4.74 Å². The molecule has 0 N–H and O–H groups in total. The normalized spacial score (nSPS) is 11.6. The zero-order chi connectivity index (χ0) is 17.4. The minimum Gasteiger partial charge on any atom is -0.494 e. The molecule has 5 heteroatoms. The highest BCUT2D eigenvalue weighted by molar-refractivity contribution is 6.06. The van der Waals surface area contributed by atoms with Gasteiger partial charge in [0.15, 0.2) is 11.6 Å². The Labute approximate surface area is 142 Å². The lowest BCUT2D eigenvalue weighted by atomic mass is 10.1. The first-order valence-corrected chi connectivity index (χ1v) is 7.64. The molecule has 124 valence electrons. The molecule has 0 aliphatic carbocycles. The molecule has 0 saturated carbocycles. The van der Waals surface area contributed by atoms with Crippen molar-refractivity contribution in [1.82, 2.24) is 0 Å². The first kappa shape index (κ1) is 15.3. The van der Waals surface area contributed by atoms with E-state index in [1.54, 1.807) is 13.2 Å². The van der Waals surface area contributed by atoms with E-state index in [-0.39, 0.29) is 0 Å². The number of methoxy groups -OCH3 is 1. The molecule has 4 rings (SSSR count). The fourth-order valence-electron chi connectivity index (χ4n) is 2.74. The third-order valence-corrected chi connectivity index (χ3v) is 3.97. The maximum Gasteiger partial charge on any atom is 0.159 e. The highest BCUT2D eigenvalue weighted by atomic mass is 19.2. The van der Waals surface area contributed by atoms with Gasteiger partial charge >= 0.3 is 0 Å². The molecule has 0 bridgehead atoms. The SMILES string of the molecule is COc1cc2c(cc1N=Cc1ccc(F)c(F)c1)oc1ccccc12. The zero-order valence-corrected chi connectivity index (χ0v) is 13.3. The van der Waals surface area contributed by atoms with Gasteiger partial charge in [0, 0.05) is 23.1 Å². The molecule has 4 aromatic rings. The van der Waals surface area contributed by atoms with Crippen LogP contribution in [0.2, 0.25) is 0 Å². The molecule has 0 unspecified atom stereocenters. The molecule has 0 aliphatic rings. The second-order valence-corrected chi connectivity index (χ2v) is 5.55. The van der Waals surface area contributed by atoms with Crippen LogP contribution in [0, 0.1) is 11.6 Å². The van der Waals surface area contributed by atoms with Gasteiger partial charge < -0.3 is 9.15 Å². The fraction of sp³-hybridized carbons (Fsp3) is 0.0500. The molecule has 1 heterocycles. The van der Waals surface area contributed by atoms with Crippen molar-refractivity contribution in [2.45, 2.75) is 0 Å². The number of aliphatic imine (C=N–C) groups is 1. The van der Waals surface area contributed by atoms with E-state index in [1.807, 2.05) is 30.3 Å². The summed E-state index contributed by atoms with van der Waals surface area (Å²) in [5.74, 6) is -1.24. The predicted molar refractivity (Wildman–Crippen MR) is 93.9 cm³/mol. The van der Waals surface area contributed by atoms with Crippen LogP contribution in [0.4, 0.5) is 14.5 Å². The van der Waals surface area contributed by atoms with Gasteiger partial charge in [0.25, 0.3) is 0 Å². The molecule has 25 heavy (non-hydrogen) atoms. The topological polar surface area (TPSA) is 34.7 Å². The van der Waals surface area contributed by atoms with Gasteiger partial charge in [0.2, 0.25) is 0 Å². The van der Waals surface area contributed by atoms with Crippen LogP contribution in [0.3, 0.4) is 0 Å². The molecule has 1 aromatic heterocycles. The summed E-state index contributed by atoms with van der Waals surface area (Å²) in [5, 5.41) is 1.92. The van der Waals surface area contributed by atoms with Gasteiger partial charge in [0.05, 0.1) is 7.11 Å². The third-order valence-electron chi connectivity index (χ3n) is 3.97. The Balaban J connectivity index is 1.81. The summed E-state index contributed by atoms with van der Waals surface area (Å²) in [4.78, 5) is 4.34. The van der Waals surface area contributed by atoms with Gasteiger partial charge in [0.1, 0.15) is 22.6 Å². The summed E-state index contributed by atoms with van der Waals surface area (Å²) in [6, 6.07) is 15.0. The van der Waals surface area contributed by atoms with E-state index in [1.165, 1.54) is 12.3 Å². The number of halogens is 2. The smallest absolute Gasteiger partial charge is 0.159 e. The van der Waals surface area contributed by atoms with Crippen LogP contribution in [0.1, 0.15) is 5.56 Å². The Morgan fingerprint density at radius 1 is 0.920 bits per heavy atom. The van der Waals surface area contributed by atoms with Crippen LogP contribution in [0.5, 0.6) is 5.75 Å². The van der Waals surface area contributed by atoms with Gasteiger partial charge in [-0.2, -0.15) is 0 Å². The van der Waals surface area contributed by atoms with Crippen LogP contribution in [-0.4, -0.2) is 13.3 Å². The number of hydrogen-bond donors (Lipinski definition) is 0. The molecular weight excluding hydrogens is 324 g/mol. The number of nitrogens with zero attached hydrogens (tertiary/aromatic N) is 1. The van der Waals surface area contributed by atoms with E-state index in [9.17, 15) is 8.78 Å². The number of ether oxygens (including phenoxy) is 1. The van der Waals surface area contributed by atoms with Crippen molar-refractivity contribution in [2.24, 2.45) is 4.99 Å². The van der Waals surface area contributed by atoms with Crippen LogP contribution in [0.25, 0.3) is 21.9 Å². The lowest BCUT2D eigenvalue weighted by Crippen LogP contribution is -1.88. The van der Waals surface area contributed by atoms with Gasteiger partial charge in [-0.15, -0.1) is 0 Å². The maximum atomic E-state index is 13.3. The standard InChI is InChI=1S/C20H13F2NO2/c1-24-20-9-14-13-4-2-3-5-18(13)25-19(14)10-17(20)23-11-12-6-7-15(21)16(22)8-12/h2-11H,1H3. The Bertz CT molecular complexity index is 1120. The van der Waals surface area contributed by atoms with Crippen molar-refractivity contribution in [1.29, 1.82) is 0 Å². The van der Waals surface area contributed by atoms with Gasteiger partial charge in [-0.25, -0.2) is 8.78 Å². The quantitative estimate of drug-likeness (QED) is 0.455. The second kappa shape index (κ2) is 6.02. The van der Waals surface area contributed by atoms with Crippen molar-refractivity contribution in [3.05, 3.63) is 71.8 Å². The van der Waals surface area contributed by atoms with E-state index in [0.717, 1.165) is 28.5 Å². The second-order valence-electron chi connectivity index (χ2n) is 5.55. The average Bonchev–Trinajstić information content (AvgIpc) is 2.99. The number of furan rings is 1. The van der Waals surface area contributed by atoms with Crippen molar-refractivity contribution < 1.29 is 17.9 Å². The Morgan fingerprint density at radius 2 is 1.76 bits per heavy atom. The lowest BCUT2D eigenvalue weighted by Gasteiger charge is -2.04. The van der Waals surface area contributed by atoms with E-state index in [0.29, 0.717) is 22.6 Å². The molecule has 3 nitrogen and oxygen atoms in total. The molecule has 0 amide bonds. The van der Waals surface area contributed by atoms with E-state index in [2.05, 4.69) is 4.99 Å². The van der Waals surface area contributed by atoms with Crippen LogP contribution >= 0.6 is 0 Å². The van der Waals surface area contributed by atoms with Gasteiger partial charge in [-0.05, 0) is 29.8 Å². The predicted octanol–water partition coefficient (Wildman–Crippen LogP) is 5.62. The molecule has 0 atom stereocenters. The molecular formula is C20H13F2NO2. The molecule has 0 saturated heterocycles. The lowest BCUT2D eigenvalue weighted by molar-refractivity contribution is 0.416. The molecule has 3 aromatic carbocycles. The molecule has 0 spiro atoms. The molecule has 0 aliphatic heterocycles. The number of para-hydroxylation sites is 1.